The summed E-state index contributed by atoms with van der Waals surface area (Å²) in [7, 11) is 0. The second-order valence-electron chi connectivity index (χ2n) is 4.55. The first-order valence-corrected chi connectivity index (χ1v) is 7.08. The minimum absolute atomic E-state index is 0.131. The van der Waals surface area contributed by atoms with Crippen LogP contribution in [-0.4, -0.2) is 33.0 Å². The van der Waals surface area contributed by atoms with E-state index in [0.29, 0.717) is 5.69 Å². The topological polar surface area (TPSA) is 95.1 Å². The lowest BCUT2D eigenvalue weighted by molar-refractivity contribution is -0.141. The van der Waals surface area contributed by atoms with Gasteiger partial charge >= 0.3 is 5.97 Å². The number of H-pyrrole nitrogens is 1. The van der Waals surface area contributed by atoms with Crippen molar-refractivity contribution < 1.29 is 14.7 Å². The van der Waals surface area contributed by atoms with E-state index in [9.17, 15) is 14.7 Å². The van der Waals surface area contributed by atoms with Crippen molar-refractivity contribution >= 4 is 27.8 Å². The average Bonchev–Trinajstić information content (AvgIpc) is 2.90. The normalized spacial score (nSPS) is 11.9. The fourth-order valence-corrected chi connectivity index (χ4v) is 2.34. The van der Waals surface area contributed by atoms with Gasteiger partial charge in [-0.2, -0.15) is 0 Å². The number of rotatable bonds is 6. The van der Waals surface area contributed by atoms with Crippen LogP contribution >= 0.6 is 15.9 Å². The molecule has 0 aliphatic carbocycles. The molecule has 0 saturated heterocycles. The molecule has 0 fully saturated rings. The van der Waals surface area contributed by atoms with Gasteiger partial charge in [-0.1, -0.05) is 28.1 Å². The molecule has 1 heterocycles. The minimum Gasteiger partial charge on any atom is -0.480 e. The first kappa shape index (κ1) is 15.2. The molecular weight excluding hydrogens is 338 g/mol. The first-order chi connectivity index (χ1) is 10.0. The van der Waals surface area contributed by atoms with Crippen molar-refractivity contribution in [1.82, 2.24) is 15.3 Å². The number of hydrogen-bond acceptors (Lipinski definition) is 3. The molecule has 21 heavy (non-hydrogen) atoms. The molecule has 7 heteroatoms. The third kappa shape index (κ3) is 4.71. The zero-order valence-corrected chi connectivity index (χ0v) is 12.6. The van der Waals surface area contributed by atoms with Crippen molar-refractivity contribution in [2.45, 2.75) is 18.9 Å². The molecule has 0 unspecified atom stereocenters. The maximum atomic E-state index is 12.0. The van der Waals surface area contributed by atoms with E-state index in [2.05, 4.69) is 31.2 Å². The third-order valence-corrected chi connectivity index (χ3v) is 3.36. The van der Waals surface area contributed by atoms with E-state index in [1.807, 2.05) is 24.3 Å². The Bertz CT molecular complexity index is 628. The van der Waals surface area contributed by atoms with Crippen LogP contribution in [0.15, 0.2) is 41.3 Å². The fraction of sp³-hybridized carbons (Fsp3) is 0.214. The molecule has 0 aliphatic rings. The van der Waals surface area contributed by atoms with Crippen LogP contribution in [-0.2, 0) is 22.4 Å². The number of imidazole rings is 1. The summed E-state index contributed by atoms with van der Waals surface area (Å²) in [5.41, 5.74) is 1.47. The van der Waals surface area contributed by atoms with Gasteiger partial charge in [0.15, 0.2) is 0 Å². The molecule has 3 N–H and O–H groups in total. The third-order valence-electron chi connectivity index (χ3n) is 2.87. The summed E-state index contributed by atoms with van der Waals surface area (Å²) >= 11 is 3.33. The SMILES string of the molecule is O=C(Cc1cccc(Br)c1)N[C@@H](Cc1cnc[nH]1)C(=O)O. The summed E-state index contributed by atoms with van der Waals surface area (Å²) in [5.74, 6) is -1.41. The molecule has 1 aromatic heterocycles. The van der Waals surface area contributed by atoms with Crippen LogP contribution in [0.3, 0.4) is 0 Å². The molecule has 0 radical (unpaired) electrons. The summed E-state index contributed by atoms with van der Waals surface area (Å²) in [5, 5.41) is 11.7. The van der Waals surface area contributed by atoms with E-state index in [1.165, 1.54) is 12.5 Å². The van der Waals surface area contributed by atoms with Crippen molar-refractivity contribution in [3.8, 4) is 0 Å². The van der Waals surface area contributed by atoms with Gasteiger partial charge in [0.1, 0.15) is 6.04 Å². The van der Waals surface area contributed by atoms with Crippen LogP contribution < -0.4 is 5.32 Å². The van der Waals surface area contributed by atoms with Gasteiger partial charge in [0.25, 0.3) is 0 Å². The molecule has 2 rings (SSSR count). The lowest BCUT2D eigenvalue weighted by Gasteiger charge is -2.13. The average molecular weight is 352 g/mol. The number of amides is 1. The number of carbonyl (C=O) groups excluding carboxylic acids is 1. The highest BCUT2D eigenvalue weighted by Gasteiger charge is 2.21. The van der Waals surface area contributed by atoms with E-state index in [0.717, 1.165) is 10.0 Å². The number of hydrogen-bond donors (Lipinski definition) is 3. The number of aromatic nitrogens is 2. The highest BCUT2D eigenvalue weighted by molar-refractivity contribution is 9.10. The number of halogens is 1. The predicted octanol–water partition coefficient (Wildman–Crippen LogP) is 1.53. The molecule has 1 aromatic carbocycles. The van der Waals surface area contributed by atoms with Crippen molar-refractivity contribution in [3.05, 3.63) is 52.5 Å². The van der Waals surface area contributed by atoms with Crippen LogP contribution in [0.1, 0.15) is 11.3 Å². The van der Waals surface area contributed by atoms with Crippen molar-refractivity contribution in [1.29, 1.82) is 0 Å². The molecule has 0 bridgehead atoms. The molecule has 0 saturated carbocycles. The molecule has 1 atom stereocenters. The Balaban J connectivity index is 1.96. The largest absolute Gasteiger partial charge is 0.480 e. The Morgan fingerprint density at radius 2 is 2.24 bits per heavy atom. The summed E-state index contributed by atoms with van der Waals surface area (Å²) in [6, 6.07) is 6.34. The van der Waals surface area contributed by atoms with Crippen molar-refractivity contribution in [3.63, 3.8) is 0 Å². The van der Waals surface area contributed by atoms with Gasteiger partial charge in [0, 0.05) is 22.8 Å². The number of aliphatic carboxylic acids is 1. The molecule has 6 nitrogen and oxygen atoms in total. The van der Waals surface area contributed by atoms with Gasteiger partial charge in [-0.25, -0.2) is 9.78 Å². The molecule has 1 amide bonds. The Hall–Kier alpha value is -2.15. The van der Waals surface area contributed by atoms with E-state index in [-0.39, 0.29) is 18.7 Å². The summed E-state index contributed by atoms with van der Waals surface area (Å²) in [6.07, 6.45) is 3.31. The van der Waals surface area contributed by atoms with Crippen LogP contribution in [0.2, 0.25) is 0 Å². The second kappa shape index (κ2) is 7.03. The first-order valence-electron chi connectivity index (χ1n) is 6.28. The maximum absolute atomic E-state index is 12.0. The summed E-state index contributed by atoms with van der Waals surface area (Å²) < 4.78 is 0.875. The van der Waals surface area contributed by atoms with Crippen molar-refractivity contribution in [2.24, 2.45) is 0 Å². The van der Waals surface area contributed by atoms with Gasteiger partial charge in [0.2, 0.25) is 5.91 Å². The zero-order chi connectivity index (χ0) is 15.2. The summed E-state index contributed by atoms with van der Waals surface area (Å²) in [4.78, 5) is 29.8. The second-order valence-corrected chi connectivity index (χ2v) is 5.46. The Morgan fingerprint density at radius 3 is 2.86 bits per heavy atom. The lowest BCUT2D eigenvalue weighted by Crippen LogP contribution is -2.43. The number of carbonyl (C=O) groups is 2. The molecule has 110 valence electrons. The van der Waals surface area contributed by atoms with Gasteiger partial charge < -0.3 is 15.4 Å². The Morgan fingerprint density at radius 1 is 1.43 bits per heavy atom. The van der Waals surface area contributed by atoms with Gasteiger partial charge in [-0.3, -0.25) is 4.79 Å². The van der Waals surface area contributed by atoms with E-state index in [1.54, 1.807) is 0 Å². The number of benzene rings is 1. The predicted molar refractivity (Wildman–Crippen MR) is 79.7 cm³/mol. The van der Waals surface area contributed by atoms with Crippen LogP contribution in [0.4, 0.5) is 0 Å². The standard InChI is InChI=1S/C14H14BrN3O3/c15-10-3-1-2-9(4-10)5-13(19)18-12(14(20)21)6-11-7-16-8-17-11/h1-4,7-8,12H,5-6H2,(H,16,17)(H,18,19)(H,20,21)/t12-/m0/s1. The number of carboxylic acids is 1. The Kier molecular flexibility index (Phi) is 5.10. The Labute approximate surface area is 129 Å². The number of nitrogens with zero attached hydrogens (tertiary/aromatic N) is 1. The molecule has 0 aliphatic heterocycles. The van der Waals surface area contributed by atoms with Crippen LogP contribution in [0.5, 0.6) is 0 Å². The lowest BCUT2D eigenvalue weighted by atomic mass is 10.1. The molecule has 2 aromatic rings. The highest BCUT2D eigenvalue weighted by atomic mass is 79.9. The van der Waals surface area contributed by atoms with E-state index < -0.39 is 12.0 Å². The van der Waals surface area contributed by atoms with Gasteiger partial charge in [-0.05, 0) is 17.7 Å². The smallest absolute Gasteiger partial charge is 0.326 e. The van der Waals surface area contributed by atoms with Crippen LogP contribution in [0.25, 0.3) is 0 Å². The summed E-state index contributed by atoms with van der Waals surface area (Å²) in [6.45, 7) is 0. The van der Waals surface area contributed by atoms with E-state index in [4.69, 9.17) is 0 Å². The van der Waals surface area contributed by atoms with Crippen molar-refractivity contribution in [2.75, 3.05) is 0 Å². The zero-order valence-electron chi connectivity index (χ0n) is 11.0. The van der Waals surface area contributed by atoms with Gasteiger partial charge in [-0.15, -0.1) is 0 Å². The van der Waals surface area contributed by atoms with Crippen LogP contribution in [0, 0.1) is 0 Å². The number of aromatic amines is 1. The molecular formula is C14H14BrN3O3. The fourth-order valence-electron chi connectivity index (χ4n) is 1.89. The highest BCUT2D eigenvalue weighted by Crippen LogP contribution is 2.12. The minimum atomic E-state index is -1.08. The number of nitrogens with one attached hydrogen (secondary N) is 2. The van der Waals surface area contributed by atoms with Gasteiger partial charge in [0.05, 0.1) is 12.7 Å². The molecule has 0 spiro atoms. The van der Waals surface area contributed by atoms with E-state index >= 15 is 0 Å². The maximum Gasteiger partial charge on any atom is 0.326 e. The quantitative estimate of drug-likeness (QED) is 0.735. The number of carboxylic acid groups (broad SMARTS) is 1. The monoisotopic (exact) mass is 351 g/mol.